The molecule has 0 atom stereocenters. The first-order chi connectivity index (χ1) is 10.8. The van der Waals surface area contributed by atoms with E-state index in [1.165, 1.54) is 24.4 Å². The van der Waals surface area contributed by atoms with Crippen LogP contribution in [0.25, 0.3) is 10.9 Å². The number of sulfone groups is 1. The first-order valence-corrected chi connectivity index (χ1v) is 9.90. The molecule has 0 saturated heterocycles. The number of aromatic amines is 1. The normalized spacial score (nSPS) is 12.4. The Balaban J connectivity index is 2.04. The van der Waals surface area contributed by atoms with E-state index in [1.807, 2.05) is 0 Å². The van der Waals surface area contributed by atoms with Crippen LogP contribution in [-0.2, 0) is 19.9 Å². The average molecular weight is 351 g/mol. The van der Waals surface area contributed by atoms with Gasteiger partial charge in [0.15, 0.2) is 9.84 Å². The molecule has 0 aliphatic rings. The van der Waals surface area contributed by atoms with Gasteiger partial charge < -0.3 is 0 Å². The second-order valence-electron chi connectivity index (χ2n) is 4.99. The molecule has 0 fully saturated rings. The predicted molar refractivity (Wildman–Crippen MR) is 86.5 cm³/mol. The van der Waals surface area contributed by atoms with Gasteiger partial charge in [-0.25, -0.2) is 16.8 Å². The summed E-state index contributed by atoms with van der Waals surface area (Å²) in [6.07, 6.45) is 2.54. The second-order valence-corrected chi connectivity index (χ2v) is 8.69. The molecule has 1 aromatic heterocycles. The molecule has 0 unspecified atom stereocenters. The lowest BCUT2D eigenvalue weighted by atomic mass is 10.2. The number of rotatable bonds is 4. The molecule has 120 valence electrons. The van der Waals surface area contributed by atoms with Crippen LogP contribution in [0.1, 0.15) is 0 Å². The first kappa shape index (κ1) is 15.5. The number of sulfonamides is 1. The van der Waals surface area contributed by atoms with Gasteiger partial charge in [0.2, 0.25) is 0 Å². The van der Waals surface area contributed by atoms with Gasteiger partial charge in [0.05, 0.1) is 27.2 Å². The molecule has 3 aromatic rings. The van der Waals surface area contributed by atoms with Crippen LogP contribution in [0.2, 0.25) is 0 Å². The Kier molecular flexibility index (Phi) is 3.61. The summed E-state index contributed by atoms with van der Waals surface area (Å²) < 4.78 is 50.6. The minimum absolute atomic E-state index is 0.0538. The van der Waals surface area contributed by atoms with Gasteiger partial charge in [0.25, 0.3) is 10.0 Å². The fraction of sp³-hybridized carbons (Fsp3) is 0.0714. The van der Waals surface area contributed by atoms with Gasteiger partial charge in [0, 0.05) is 11.6 Å². The number of hydrogen-bond donors (Lipinski definition) is 2. The zero-order valence-electron chi connectivity index (χ0n) is 12.0. The second kappa shape index (κ2) is 5.36. The van der Waals surface area contributed by atoms with Crippen molar-refractivity contribution in [3.8, 4) is 0 Å². The number of anilines is 1. The topological polar surface area (TPSA) is 109 Å². The van der Waals surface area contributed by atoms with Crippen molar-refractivity contribution >= 4 is 36.5 Å². The summed E-state index contributed by atoms with van der Waals surface area (Å²) in [7, 11) is -7.41. The molecular formula is C14H13N3O4S2. The Labute approximate surface area is 133 Å². The molecule has 7 nitrogen and oxygen atoms in total. The monoisotopic (exact) mass is 351 g/mol. The third-order valence-electron chi connectivity index (χ3n) is 3.27. The highest BCUT2D eigenvalue weighted by molar-refractivity contribution is 7.93. The highest BCUT2D eigenvalue weighted by Gasteiger charge is 2.18. The molecule has 1 heterocycles. The van der Waals surface area contributed by atoms with E-state index in [-0.39, 0.29) is 9.79 Å². The van der Waals surface area contributed by atoms with Crippen LogP contribution in [0, 0.1) is 0 Å². The zero-order valence-corrected chi connectivity index (χ0v) is 13.6. The highest BCUT2D eigenvalue weighted by atomic mass is 32.2. The zero-order chi connectivity index (χ0) is 16.7. The molecule has 9 heteroatoms. The van der Waals surface area contributed by atoms with Crippen molar-refractivity contribution in [2.24, 2.45) is 0 Å². The van der Waals surface area contributed by atoms with Gasteiger partial charge in [-0.1, -0.05) is 12.1 Å². The number of fused-ring (bicyclic) bond motifs is 1. The maximum absolute atomic E-state index is 12.5. The van der Waals surface area contributed by atoms with E-state index in [9.17, 15) is 16.8 Å². The molecule has 0 amide bonds. The van der Waals surface area contributed by atoms with Crippen molar-refractivity contribution in [2.45, 2.75) is 9.79 Å². The van der Waals surface area contributed by atoms with Gasteiger partial charge in [0.1, 0.15) is 0 Å². The Morgan fingerprint density at radius 1 is 1.00 bits per heavy atom. The van der Waals surface area contributed by atoms with Crippen molar-refractivity contribution in [2.75, 3.05) is 11.0 Å². The molecule has 23 heavy (non-hydrogen) atoms. The number of aromatic nitrogens is 2. The van der Waals surface area contributed by atoms with E-state index in [0.29, 0.717) is 16.6 Å². The van der Waals surface area contributed by atoms with Gasteiger partial charge in [-0.2, -0.15) is 5.10 Å². The number of hydrogen-bond acceptors (Lipinski definition) is 5. The minimum atomic E-state index is -3.92. The fourth-order valence-electron chi connectivity index (χ4n) is 2.13. The van der Waals surface area contributed by atoms with Gasteiger partial charge in [-0.3, -0.25) is 9.82 Å². The Morgan fingerprint density at radius 3 is 2.43 bits per heavy atom. The smallest absolute Gasteiger partial charge is 0.261 e. The summed E-state index contributed by atoms with van der Waals surface area (Å²) in [5, 5.41) is 7.24. The summed E-state index contributed by atoms with van der Waals surface area (Å²) in [6, 6.07) is 10.3. The van der Waals surface area contributed by atoms with Gasteiger partial charge in [-0.15, -0.1) is 0 Å². The van der Waals surface area contributed by atoms with Crippen molar-refractivity contribution in [3.63, 3.8) is 0 Å². The van der Waals surface area contributed by atoms with Crippen LogP contribution in [0.5, 0.6) is 0 Å². The van der Waals surface area contributed by atoms with E-state index < -0.39 is 19.9 Å². The Hall–Kier alpha value is -2.39. The van der Waals surface area contributed by atoms with Crippen LogP contribution >= 0.6 is 0 Å². The van der Waals surface area contributed by atoms with E-state index in [2.05, 4.69) is 14.9 Å². The molecule has 0 aliphatic heterocycles. The lowest BCUT2D eigenvalue weighted by Crippen LogP contribution is -2.13. The lowest BCUT2D eigenvalue weighted by molar-refractivity contribution is 0.599. The molecule has 0 saturated carbocycles. The third kappa shape index (κ3) is 3.06. The van der Waals surface area contributed by atoms with Crippen molar-refractivity contribution < 1.29 is 16.8 Å². The quantitative estimate of drug-likeness (QED) is 0.744. The van der Waals surface area contributed by atoms with Crippen molar-refractivity contribution in [1.29, 1.82) is 0 Å². The van der Waals surface area contributed by atoms with Crippen LogP contribution in [0.3, 0.4) is 0 Å². The van der Waals surface area contributed by atoms with Crippen LogP contribution in [0.4, 0.5) is 5.69 Å². The summed E-state index contributed by atoms with van der Waals surface area (Å²) in [6.45, 7) is 0. The van der Waals surface area contributed by atoms with Crippen molar-refractivity contribution in [1.82, 2.24) is 10.2 Å². The van der Waals surface area contributed by atoms with Crippen molar-refractivity contribution in [3.05, 3.63) is 48.7 Å². The summed E-state index contributed by atoms with van der Waals surface area (Å²) in [5.74, 6) is 0. The third-order valence-corrected chi connectivity index (χ3v) is 5.75. The molecule has 0 aliphatic carbocycles. The summed E-state index contributed by atoms with van der Waals surface area (Å²) >= 11 is 0. The molecule has 2 aromatic carbocycles. The first-order valence-electron chi connectivity index (χ1n) is 6.52. The Bertz CT molecular complexity index is 1090. The number of nitrogens with zero attached hydrogens (tertiary/aromatic N) is 1. The fourth-order valence-corrected chi connectivity index (χ4v) is 4.00. The van der Waals surface area contributed by atoms with E-state index in [4.69, 9.17) is 0 Å². The summed E-state index contributed by atoms with van der Waals surface area (Å²) in [4.78, 5) is -0.178. The van der Waals surface area contributed by atoms with Crippen LogP contribution in [-0.4, -0.2) is 33.3 Å². The Morgan fingerprint density at radius 2 is 1.70 bits per heavy atom. The SMILES string of the molecule is CS(=O)(=O)c1cccc(S(=O)(=O)Nc2cccc3[nH]ncc23)c1. The minimum Gasteiger partial charge on any atom is -0.279 e. The molecule has 0 spiro atoms. The number of H-pyrrole nitrogens is 1. The van der Waals surface area contributed by atoms with E-state index in [0.717, 1.165) is 12.3 Å². The highest BCUT2D eigenvalue weighted by Crippen LogP contribution is 2.25. The molecule has 3 rings (SSSR count). The summed E-state index contributed by atoms with van der Waals surface area (Å²) in [5.41, 5.74) is 1.05. The maximum atomic E-state index is 12.5. The molecule has 0 bridgehead atoms. The van der Waals surface area contributed by atoms with Crippen LogP contribution < -0.4 is 4.72 Å². The van der Waals surface area contributed by atoms with E-state index >= 15 is 0 Å². The van der Waals surface area contributed by atoms with Gasteiger partial charge >= 0.3 is 0 Å². The standard InChI is InChI=1S/C14H13N3O4S2/c1-22(18,19)10-4-2-5-11(8-10)23(20,21)17-14-7-3-6-13-12(14)9-15-16-13/h2-9,17H,1H3,(H,15,16). The largest absolute Gasteiger partial charge is 0.279 e. The van der Waals surface area contributed by atoms with Gasteiger partial charge in [-0.05, 0) is 30.3 Å². The molecular weight excluding hydrogens is 338 g/mol. The average Bonchev–Trinajstić information content (AvgIpc) is 2.96. The lowest BCUT2D eigenvalue weighted by Gasteiger charge is -2.10. The number of nitrogens with one attached hydrogen (secondary N) is 2. The molecule has 0 radical (unpaired) electrons. The molecule has 2 N–H and O–H groups in total. The van der Waals surface area contributed by atoms with Crippen LogP contribution in [0.15, 0.2) is 58.5 Å². The van der Waals surface area contributed by atoms with E-state index in [1.54, 1.807) is 18.2 Å². The number of benzene rings is 2. The maximum Gasteiger partial charge on any atom is 0.261 e. The predicted octanol–water partition coefficient (Wildman–Crippen LogP) is 1.77.